The monoisotopic (exact) mass is 224 g/mol. The van der Waals surface area contributed by atoms with Crippen LogP contribution in [0.2, 0.25) is 0 Å². The van der Waals surface area contributed by atoms with Crippen molar-refractivity contribution in [2.45, 2.75) is 6.42 Å². The standard InChI is InChI=1S/C16H16O/c1-17-12-11-14-7-9-16(10-8-14)13-15-5-3-2-4-6-15/h2-12H,13H2,1H3. The first-order valence-corrected chi connectivity index (χ1v) is 5.71. The molecule has 0 heterocycles. The van der Waals surface area contributed by atoms with Gasteiger partial charge in [0.25, 0.3) is 0 Å². The van der Waals surface area contributed by atoms with Crippen LogP contribution >= 0.6 is 0 Å². The van der Waals surface area contributed by atoms with E-state index in [0.717, 1.165) is 12.0 Å². The van der Waals surface area contributed by atoms with E-state index in [1.54, 1.807) is 13.4 Å². The largest absolute Gasteiger partial charge is 0.504 e. The molecule has 1 heteroatoms. The van der Waals surface area contributed by atoms with Crippen molar-refractivity contribution in [2.75, 3.05) is 7.11 Å². The molecule has 0 unspecified atom stereocenters. The lowest BCUT2D eigenvalue weighted by Gasteiger charge is -2.02. The van der Waals surface area contributed by atoms with E-state index in [-0.39, 0.29) is 0 Å². The van der Waals surface area contributed by atoms with Gasteiger partial charge < -0.3 is 4.74 Å². The van der Waals surface area contributed by atoms with E-state index in [0.29, 0.717) is 0 Å². The molecule has 0 radical (unpaired) electrons. The first-order chi connectivity index (χ1) is 8.38. The number of hydrogen-bond donors (Lipinski definition) is 0. The molecule has 0 aliphatic carbocycles. The molecule has 0 spiro atoms. The van der Waals surface area contributed by atoms with Crippen molar-refractivity contribution >= 4 is 6.08 Å². The Morgan fingerprint density at radius 3 is 2.18 bits per heavy atom. The van der Waals surface area contributed by atoms with E-state index >= 15 is 0 Å². The summed E-state index contributed by atoms with van der Waals surface area (Å²) in [5.74, 6) is 0. The summed E-state index contributed by atoms with van der Waals surface area (Å²) in [6.45, 7) is 0. The van der Waals surface area contributed by atoms with Gasteiger partial charge in [-0.2, -0.15) is 0 Å². The van der Waals surface area contributed by atoms with Gasteiger partial charge in [-0.15, -0.1) is 0 Å². The SMILES string of the molecule is COC=Cc1ccc(Cc2ccccc2)cc1. The van der Waals surface area contributed by atoms with Gasteiger partial charge in [0.2, 0.25) is 0 Å². The normalized spacial score (nSPS) is 10.6. The molecule has 0 amide bonds. The van der Waals surface area contributed by atoms with Crippen LogP contribution in [0, 0.1) is 0 Å². The highest BCUT2D eigenvalue weighted by molar-refractivity contribution is 5.48. The van der Waals surface area contributed by atoms with Gasteiger partial charge in [0.05, 0.1) is 13.4 Å². The van der Waals surface area contributed by atoms with Gasteiger partial charge in [-0.25, -0.2) is 0 Å². The molecular formula is C16H16O. The molecule has 0 aromatic heterocycles. The van der Waals surface area contributed by atoms with Crippen LogP contribution in [-0.4, -0.2) is 7.11 Å². The molecule has 0 saturated heterocycles. The van der Waals surface area contributed by atoms with Crippen LogP contribution in [0.15, 0.2) is 60.9 Å². The van der Waals surface area contributed by atoms with Gasteiger partial charge >= 0.3 is 0 Å². The number of methoxy groups -OCH3 is 1. The summed E-state index contributed by atoms with van der Waals surface area (Å²) < 4.78 is 4.89. The summed E-state index contributed by atoms with van der Waals surface area (Å²) in [4.78, 5) is 0. The van der Waals surface area contributed by atoms with Gasteiger partial charge in [0, 0.05) is 0 Å². The fourth-order valence-electron chi connectivity index (χ4n) is 1.72. The average molecular weight is 224 g/mol. The molecule has 2 aromatic carbocycles. The van der Waals surface area contributed by atoms with Crippen LogP contribution in [0.4, 0.5) is 0 Å². The topological polar surface area (TPSA) is 9.23 Å². The first-order valence-electron chi connectivity index (χ1n) is 5.71. The first kappa shape index (κ1) is 11.5. The lowest BCUT2D eigenvalue weighted by molar-refractivity contribution is 0.341. The Morgan fingerprint density at radius 1 is 0.882 bits per heavy atom. The molecule has 2 aromatic rings. The zero-order valence-corrected chi connectivity index (χ0v) is 9.97. The summed E-state index contributed by atoms with van der Waals surface area (Å²) in [6, 6.07) is 19.0. The van der Waals surface area contributed by atoms with Crippen molar-refractivity contribution in [1.82, 2.24) is 0 Å². The Morgan fingerprint density at radius 2 is 1.53 bits per heavy atom. The van der Waals surface area contributed by atoms with Crippen LogP contribution in [0.25, 0.3) is 6.08 Å². The van der Waals surface area contributed by atoms with E-state index in [9.17, 15) is 0 Å². The molecule has 0 atom stereocenters. The average Bonchev–Trinajstić information content (AvgIpc) is 2.39. The van der Waals surface area contributed by atoms with Crippen LogP contribution in [-0.2, 0) is 11.2 Å². The number of hydrogen-bond acceptors (Lipinski definition) is 1. The third-order valence-electron chi connectivity index (χ3n) is 2.63. The summed E-state index contributed by atoms with van der Waals surface area (Å²) in [5.41, 5.74) is 3.82. The van der Waals surface area contributed by atoms with E-state index in [4.69, 9.17) is 4.74 Å². The van der Waals surface area contributed by atoms with Crippen LogP contribution in [0.5, 0.6) is 0 Å². The molecule has 17 heavy (non-hydrogen) atoms. The van der Waals surface area contributed by atoms with E-state index in [1.807, 2.05) is 12.1 Å². The maximum Gasteiger partial charge on any atom is 0.0830 e. The summed E-state index contributed by atoms with van der Waals surface area (Å²) in [7, 11) is 1.65. The molecule has 0 aliphatic heterocycles. The van der Waals surface area contributed by atoms with E-state index in [1.165, 1.54) is 11.1 Å². The second-order valence-electron chi connectivity index (χ2n) is 3.94. The Bertz CT molecular complexity index is 469. The zero-order chi connectivity index (χ0) is 11.9. The Hall–Kier alpha value is -2.02. The molecule has 0 fully saturated rings. The molecule has 86 valence electrons. The second-order valence-corrected chi connectivity index (χ2v) is 3.94. The van der Waals surface area contributed by atoms with Crippen molar-refractivity contribution < 1.29 is 4.74 Å². The highest BCUT2D eigenvalue weighted by atomic mass is 16.5. The lowest BCUT2D eigenvalue weighted by atomic mass is 10.0. The summed E-state index contributed by atoms with van der Waals surface area (Å²) in [5, 5.41) is 0. The van der Waals surface area contributed by atoms with Crippen LogP contribution in [0.1, 0.15) is 16.7 Å². The molecule has 0 aliphatic rings. The predicted octanol–water partition coefficient (Wildman–Crippen LogP) is 3.89. The fraction of sp³-hybridized carbons (Fsp3) is 0.125. The highest BCUT2D eigenvalue weighted by Crippen LogP contribution is 2.11. The minimum absolute atomic E-state index is 0.981. The van der Waals surface area contributed by atoms with Gasteiger partial charge in [0.15, 0.2) is 0 Å². The number of ether oxygens (including phenoxy) is 1. The maximum absolute atomic E-state index is 4.89. The number of benzene rings is 2. The van der Waals surface area contributed by atoms with Crippen molar-refractivity contribution in [1.29, 1.82) is 0 Å². The summed E-state index contributed by atoms with van der Waals surface area (Å²) >= 11 is 0. The van der Waals surface area contributed by atoms with E-state index in [2.05, 4.69) is 48.5 Å². The predicted molar refractivity (Wildman–Crippen MR) is 71.7 cm³/mol. The molecule has 0 saturated carbocycles. The van der Waals surface area contributed by atoms with Crippen LogP contribution < -0.4 is 0 Å². The minimum Gasteiger partial charge on any atom is -0.504 e. The van der Waals surface area contributed by atoms with Gasteiger partial charge in [-0.05, 0) is 29.2 Å². The van der Waals surface area contributed by atoms with Gasteiger partial charge in [-0.1, -0.05) is 54.6 Å². The maximum atomic E-state index is 4.89. The van der Waals surface area contributed by atoms with Crippen molar-refractivity contribution in [3.05, 3.63) is 77.5 Å². The lowest BCUT2D eigenvalue weighted by Crippen LogP contribution is -1.87. The van der Waals surface area contributed by atoms with Gasteiger partial charge in [-0.3, -0.25) is 0 Å². The molecule has 2 rings (SSSR count). The Kier molecular flexibility index (Phi) is 3.98. The number of rotatable bonds is 4. The molecule has 0 bridgehead atoms. The third kappa shape index (κ3) is 3.49. The van der Waals surface area contributed by atoms with Gasteiger partial charge in [0.1, 0.15) is 0 Å². The zero-order valence-electron chi connectivity index (χ0n) is 9.97. The quantitative estimate of drug-likeness (QED) is 0.716. The molecule has 1 nitrogen and oxygen atoms in total. The minimum atomic E-state index is 0.981. The smallest absolute Gasteiger partial charge is 0.0830 e. The van der Waals surface area contributed by atoms with Crippen molar-refractivity contribution in [3.8, 4) is 0 Å². The second kappa shape index (κ2) is 5.90. The molecule has 0 N–H and O–H groups in total. The van der Waals surface area contributed by atoms with Crippen LogP contribution in [0.3, 0.4) is 0 Å². The third-order valence-corrected chi connectivity index (χ3v) is 2.63. The summed E-state index contributed by atoms with van der Waals surface area (Å²) in [6.07, 6.45) is 4.62. The molecular weight excluding hydrogens is 208 g/mol. The fourth-order valence-corrected chi connectivity index (χ4v) is 1.72. The van der Waals surface area contributed by atoms with Crippen molar-refractivity contribution in [2.24, 2.45) is 0 Å². The van der Waals surface area contributed by atoms with Crippen molar-refractivity contribution in [3.63, 3.8) is 0 Å². The Balaban J connectivity index is 2.06. The highest BCUT2D eigenvalue weighted by Gasteiger charge is 1.95. The van der Waals surface area contributed by atoms with E-state index < -0.39 is 0 Å². The Labute approximate surface area is 102 Å².